The molecule has 2 aromatic carbocycles. The summed E-state index contributed by atoms with van der Waals surface area (Å²) >= 11 is 8.11. The zero-order valence-corrected chi connectivity index (χ0v) is 26.5. The molecule has 0 spiro atoms. The van der Waals surface area contributed by atoms with Crippen LogP contribution in [0.15, 0.2) is 59.6 Å². The van der Waals surface area contributed by atoms with Crippen LogP contribution in [0, 0.1) is 0 Å². The molecule has 1 aromatic heterocycles. The SMILES string of the molecule is CCCCCCCCCCCCCCOc1c(Cl)cccc1CC(=O)Nc1ccc(C[n+]2ccsc2)cc1.[Br-]. The summed E-state index contributed by atoms with van der Waals surface area (Å²) in [5, 5.41) is 5.61. The second-order valence-corrected chi connectivity index (χ2v) is 11.2. The molecule has 0 aliphatic heterocycles. The summed E-state index contributed by atoms with van der Waals surface area (Å²) in [6.07, 6.45) is 18.0. The average molecular weight is 636 g/mol. The molecule has 4 nitrogen and oxygen atoms in total. The van der Waals surface area contributed by atoms with E-state index in [-0.39, 0.29) is 29.3 Å². The van der Waals surface area contributed by atoms with Crippen molar-refractivity contribution in [1.29, 1.82) is 0 Å². The number of hydrogen-bond acceptors (Lipinski definition) is 3. The predicted octanol–water partition coefficient (Wildman–Crippen LogP) is 6.00. The standard InChI is InChI=1S/C32H43ClN2O2S.BrH/c1-2-3-4-5-6-7-8-9-10-11-12-13-22-37-32-28(15-14-16-30(32)33)24-31(36)34-29-19-17-27(18-20-29)25-35-21-23-38-26-35;/h14-21,23,26H,2-13,22,24-25H2,1H3;1H. The Morgan fingerprint density at radius 3 is 2.15 bits per heavy atom. The fraction of sp³-hybridized carbons (Fsp3) is 0.500. The molecule has 3 rings (SSSR count). The van der Waals surface area contributed by atoms with Gasteiger partial charge in [-0.05, 0) is 24.6 Å². The van der Waals surface area contributed by atoms with Crippen molar-refractivity contribution in [3.63, 3.8) is 0 Å². The van der Waals surface area contributed by atoms with Crippen LogP contribution in [0.5, 0.6) is 5.75 Å². The van der Waals surface area contributed by atoms with Crippen LogP contribution >= 0.6 is 22.9 Å². The van der Waals surface area contributed by atoms with Crippen LogP contribution in [0.3, 0.4) is 0 Å². The number of ether oxygens (including phenoxy) is 1. The number of hydrogen-bond donors (Lipinski definition) is 1. The Kier molecular flexibility index (Phi) is 17.1. The zero-order valence-electron chi connectivity index (χ0n) is 23.3. The minimum Gasteiger partial charge on any atom is -1.00 e. The molecule has 7 heteroatoms. The number of carbonyl (C=O) groups excluding carboxylic acids is 1. The van der Waals surface area contributed by atoms with Crippen molar-refractivity contribution >= 4 is 34.5 Å². The van der Waals surface area contributed by atoms with Crippen molar-refractivity contribution in [1.82, 2.24) is 0 Å². The van der Waals surface area contributed by atoms with Gasteiger partial charge in [0, 0.05) is 16.8 Å². The van der Waals surface area contributed by atoms with E-state index in [1.165, 1.54) is 69.8 Å². The third-order valence-corrected chi connectivity index (χ3v) is 7.74. The Bertz CT molecular complexity index is 1060. The molecule has 3 aromatic rings. The van der Waals surface area contributed by atoms with Gasteiger partial charge in [-0.1, -0.05) is 125 Å². The van der Waals surface area contributed by atoms with Gasteiger partial charge >= 0.3 is 0 Å². The van der Waals surface area contributed by atoms with Crippen LogP contribution in [0.25, 0.3) is 0 Å². The first-order valence-corrected chi connectivity index (χ1v) is 15.7. The molecule has 0 saturated carbocycles. The number of carbonyl (C=O) groups is 1. The van der Waals surface area contributed by atoms with Gasteiger partial charge in [-0.15, -0.1) is 0 Å². The molecule has 1 amide bonds. The van der Waals surface area contributed by atoms with Crippen LogP contribution in [0.4, 0.5) is 5.69 Å². The van der Waals surface area contributed by atoms with Crippen LogP contribution in [0.2, 0.25) is 5.02 Å². The quantitative estimate of drug-likeness (QED) is 0.130. The molecule has 0 radical (unpaired) electrons. The van der Waals surface area contributed by atoms with Gasteiger partial charge in [0.15, 0.2) is 12.7 Å². The number of rotatable bonds is 19. The number of nitrogens with one attached hydrogen (secondary N) is 1. The van der Waals surface area contributed by atoms with E-state index in [4.69, 9.17) is 16.3 Å². The van der Waals surface area contributed by atoms with Crippen molar-refractivity contribution in [2.75, 3.05) is 11.9 Å². The van der Waals surface area contributed by atoms with Crippen molar-refractivity contribution in [3.8, 4) is 5.75 Å². The van der Waals surface area contributed by atoms with Gasteiger partial charge in [-0.2, -0.15) is 4.57 Å². The third kappa shape index (κ3) is 13.3. The maximum atomic E-state index is 12.8. The lowest BCUT2D eigenvalue weighted by Gasteiger charge is -2.13. The van der Waals surface area contributed by atoms with Crippen LogP contribution in [0.1, 0.15) is 95.1 Å². The Hall–Kier alpha value is -1.89. The number of benzene rings is 2. The number of thiazole rings is 1. The number of anilines is 1. The van der Waals surface area contributed by atoms with Crippen LogP contribution in [-0.2, 0) is 17.8 Å². The highest BCUT2D eigenvalue weighted by molar-refractivity contribution is 7.07. The molecule has 1 heterocycles. The molecule has 0 fully saturated rings. The minimum atomic E-state index is -0.0811. The molecule has 0 aliphatic rings. The van der Waals surface area contributed by atoms with Crippen molar-refractivity contribution in [3.05, 3.63) is 75.7 Å². The molecular weight excluding hydrogens is 592 g/mol. The minimum absolute atomic E-state index is 0. The van der Waals surface area contributed by atoms with E-state index >= 15 is 0 Å². The zero-order chi connectivity index (χ0) is 26.8. The normalized spacial score (nSPS) is 10.7. The highest BCUT2D eigenvalue weighted by atomic mass is 79.9. The summed E-state index contributed by atoms with van der Waals surface area (Å²) in [5.41, 5.74) is 4.88. The topological polar surface area (TPSA) is 42.2 Å². The summed E-state index contributed by atoms with van der Waals surface area (Å²) in [5.74, 6) is 0.554. The van der Waals surface area contributed by atoms with Crippen molar-refractivity contribution in [2.24, 2.45) is 0 Å². The first-order chi connectivity index (χ1) is 18.7. The molecular formula is C32H44BrClN2O2S. The highest BCUT2D eigenvalue weighted by Crippen LogP contribution is 2.29. The third-order valence-electron chi connectivity index (χ3n) is 6.77. The van der Waals surface area contributed by atoms with E-state index in [1.807, 2.05) is 42.5 Å². The van der Waals surface area contributed by atoms with Gasteiger partial charge in [-0.25, -0.2) is 0 Å². The van der Waals surface area contributed by atoms with Gasteiger partial charge in [0.05, 0.1) is 23.4 Å². The van der Waals surface area contributed by atoms with Crippen LogP contribution in [-0.4, -0.2) is 12.5 Å². The summed E-state index contributed by atoms with van der Waals surface area (Å²) in [4.78, 5) is 12.8. The lowest BCUT2D eigenvalue weighted by atomic mass is 10.1. The van der Waals surface area contributed by atoms with Gasteiger partial charge in [0.2, 0.25) is 11.4 Å². The van der Waals surface area contributed by atoms with E-state index in [9.17, 15) is 4.79 Å². The fourth-order valence-electron chi connectivity index (χ4n) is 4.61. The molecule has 214 valence electrons. The average Bonchev–Trinajstić information content (AvgIpc) is 3.42. The second-order valence-electron chi connectivity index (χ2n) is 10.1. The molecule has 0 unspecified atom stereocenters. The monoisotopic (exact) mass is 634 g/mol. The van der Waals surface area contributed by atoms with E-state index in [2.05, 4.69) is 33.9 Å². The summed E-state index contributed by atoms with van der Waals surface area (Å²) in [7, 11) is 0. The van der Waals surface area contributed by atoms with Crippen LogP contribution < -0.4 is 31.6 Å². The van der Waals surface area contributed by atoms with E-state index < -0.39 is 0 Å². The smallest absolute Gasteiger partial charge is 0.228 e. The number of para-hydroxylation sites is 1. The lowest BCUT2D eigenvalue weighted by Crippen LogP contribution is -3.00. The number of nitrogens with zero attached hydrogens (tertiary/aromatic N) is 1. The maximum absolute atomic E-state index is 12.8. The molecule has 39 heavy (non-hydrogen) atoms. The summed E-state index contributed by atoms with van der Waals surface area (Å²) in [6.45, 7) is 3.71. The Labute approximate surface area is 254 Å². The Balaban J connectivity index is 0.00000533. The van der Waals surface area contributed by atoms with E-state index in [0.717, 1.165) is 30.6 Å². The molecule has 0 saturated heterocycles. The Morgan fingerprint density at radius 2 is 1.54 bits per heavy atom. The number of unbranched alkanes of at least 4 members (excludes halogenated alkanes) is 11. The number of halogens is 2. The van der Waals surface area contributed by atoms with Gasteiger partial charge in [0.1, 0.15) is 5.75 Å². The fourth-order valence-corrected chi connectivity index (χ4v) is 5.45. The molecule has 1 N–H and O–H groups in total. The van der Waals surface area contributed by atoms with Gasteiger partial charge < -0.3 is 27.0 Å². The van der Waals surface area contributed by atoms with Gasteiger partial charge in [0.25, 0.3) is 0 Å². The summed E-state index contributed by atoms with van der Waals surface area (Å²) < 4.78 is 8.20. The first kappa shape index (κ1) is 33.3. The second kappa shape index (κ2) is 20.1. The predicted molar refractivity (Wildman–Crippen MR) is 160 cm³/mol. The highest BCUT2D eigenvalue weighted by Gasteiger charge is 2.13. The number of aromatic nitrogens is 1. The van der Waals surface area contributed by atoms with E-state index in [1.54, 1.807) is 11.3 Å². The first-order valence-electron chi connectivity index (χ1n) is 14.4. The molecule has 0 aliphatic carbocycles. The van der Waals surface area contributed by atoms with Crippen molar-refractivity contribution in [2.45, 2.75) is 96.9 Å². The lowest BCUT2D eigenvalue weighted by molar-refractivity contribution is -0.683. The molecule has 0 atom stereocenters. The Morgan fingerprint density at radius 1 is 0.897 bits per heavy atom. The molecule has 0 bridgehead atoms. The van der Waals surface area contributed by atoms with E-state index in [0.29, 0.717) is 17.4 Å². The largest absolute Gasteiger partial charge is 1.00 e. The van der Waals surface area contributed by atoms with Crippen molar-refractivity contribution < 1.29 is 31.1 Å². The number of amides is 1. The van der Waals surface area contributed by atoms with Gasteiger partial charge in [-0.3, -0.25) is 4.79 Å². The summed E-state index contributed by atoms with van der Waals surface area (Å²) in [6, 6.07) is 13.6. The maximum Gasteiger partial charge on any atom is 0.228 e.